The predicted octanol–water partition coefficient (Wildman–Crippen LogP) is 3.45. The van der Waals surface area contributed by atoms with Crippen molar-refractivity contribution < 1.29 is 9.18 Å². The SMILES string of the molecule is CCCCN(C)C(=O)c1cnn(-c2ccc(F)cc2)c1CC. The van der Waals surface area contributed by atoms with Crippen LogP contribution in [0.15, 0.2) is 30.5 Å². The van der Waals surface area contributed by atoms with Crippen LogP contribution in [0.2, 0.25) is 0 Å². The van der Waals surface area contributed by atoms with Gasteiger partial charge in [0.25, 0.3) is 5.91 Å². The molecule has 1 aromatic carbocycles. The van der Waals surface area contributed by atoms with Crippen molar-refractivity contribution in [2.24, 2.45) is 0 Å². The van der Waals surface area contributed by atoms with E-state index in [1.54, 1.807) is 27.9 Å². The molecule has 2 aromatic rings. The molecular weight excluding hydrogens is 281 g/mol. The molecule has 0 aliphatic rings. The number of benzene rings is 1. The standard InChI is InChI=1S/C17H22FN3O/c1-4-6-11-20(3)17(22)15-12-19-21(16(15)5-2)14-9-7-13(18)8-10-14/h7-10,12H,4-6,11H2,1-3H3. The van der Waals surface area contributed by atoms with Gasteiger partial charge in [0.1, 0.15) is 5.82 Å². The molecule has 1 heterocycles. The molecule has 118 valence electrons. The number of nitrogens with zero attached hydrogens (tertiary/aromatic N) is 3. The van der Waals surface area contributed by atoms with Crippen molar-refractivity contribution in [3.05, 3.63) is 47.5 Å². The minimum absolute atomic E-state index is 0.0151. The number of carbonyl (C=O) groups excluding carboxylic acids is 1. The number of amides is 1. The van der Waals surface area contributed by atoms with Crippen LogP contribution < -0.4 is 0 Å². The lowest BCUT2D eigenvalue weighted by Gasteiger charge is -2.17. The predicted molar refractivity (Wildman–Crippen MR) is 84.8 cm³/mol. The van der Waals surface area contributed by atoms with Crippen molar-refractivity contribution >= 4 is 5.91 Å². The second-order valence-electron chi connectivity index (χ2n) is 5.33. The summed E-state index contributed by atoms with van der Waals surface area (Å²) >= 11 is 0. The van der Waals surface area contributed by atoms with E-state index in [-0.39, 0.29) is 11.7 Å². The Morgan fingerprint density at radius 1 is 1.27 bits per heavy atom. The Kier molecular flexibility index (Phi) is 5.31. The first kappa shape index (κ1) is 16.2. The van der Waals surface area contributed by atoms with Gasteiger partial charge in [-0.05, 0) is 37.1 Å². The molecular formula is C17H22FN3O. The van der Waals surface area contributed by atoms with Crippen LogP contribution in [0.25, 0.3) is 5.69 Å². The average Bonchev–Trinajstić information content (AvgIpc) is 2.96. The third-order valence-corrected chi connectivity index (χ3v) is 3.70. The maximum atomic E-state index is 13.1. The van der Waals surface area contributed by atoms with E-state index in [0.717, 1.165) is 30.8 Å². The summed E-state index contributed by atoms with van der Waals surface area (Å²) in [5, 5.41) is 4.32. The summed E-state index contributed by atoms with van der Waals surface area (Å²) in [5.74, 6) is -0.303. The molecule has 0 unspecified atom stereocenters. The molecule has 5 heteroatoms. The molecule has 1 aromatic heterocycles. The molecule has 0 bridgehead atoms. The molecule has 0 spiro atoms. The quantitative estimate of drug-likeness (QED) is 0.820. The number of unbranched alkanes of at least 4 members (excludes halogenated alkanes) is 1. The fourth-order valence-corrected chi connectivity index (χ4v) is 2.40. The zero-order valence-corrected chi connectivity index (χ0v) is 13.3. The summed E-state index contributed by atoms with van der Waals surface area (Å²) in [4.78, 5) is 14.3. The molecule has 0 saturated carbocycles. The highest BCUT2D eigenvalue weighted by atomic mass is 19.1. The smallest absolute Gasteiger partial charge is 0.257 e. The van der Waals surface area contributed by atoms with Gasteiger partial charge in [-0.25, -0.2) is 9.07 Å². The van der Waals surface area contributed by atoms with E-state index in [4.69, 9.17) is 0 Å². The number of carbonyl (C=O) groups is 1. The van der Waals surface area contributed by atoms with Crippen molar-refractivity contribution in [1.82, 2.24) is 14.7 Å². The Bertz CT molecular complexity index is 634. The molecule has 2 rings (SSSR count). The number of aromatic nitrogens is 2. The van der Waals surface area contributed by atoms with Gasteiger partial charge >= 0.3 is 0 Å². The first-order valence-electron chi connectivity index (χ1n) is 7.66. The number of rotatable bonds is 6. The van der Waals surface area contributed by atoms with Crippen molar-refractivity contribution in [2.75, 3.05) is 13.6 Å². The van der Waals surface area contributed by atoms with Gasteiger partial charge in [0.2, 0.25) is 0 Å². The van der Waals surface area contributed by atoms with E-state index in [1.807, 2.05) is 14.0 Å². The van der Waals surface area contributed by atoms with Crippen molar-refractivity contribution in [3.63, 3.8) is 0 Å². The fourth-order valence-electron chi connectivity index (χ4n) is 2.40. The Labute approximate surface area is 130 Å². The molecule has 1 amide bonds. The third-order valence-electron chi connectivity index (χ3n) is 3.70. The highest BCUT2D eigenvalue weighted by molar-refractivity contribution is 5.95. The number of halogens is 1. The summed E-state index contributed by atoms with van der Waals surface area (Å²) in [5.41, 5.74) is 2.22. The summed E-state index contributed by atoms with van der Waals surface area (Å²) in [6.07, 6.45) is 4.32. The second kappa shape index (κ2) is 7.20. The minimum Gasteiger partial charge on any atom is -0.342 e. The molecule has 0 aliphatic carbocycles. The number of hydrogen-bond donors (Lipinski definition) is 0. The van der Waals surface area contributed by atoms with Gasteiger partial charge in [-0.3, -0.25) is 4.79 Å². The van der Waals surface area contributed by atoms with Gasteiger partial charge in [-0.1, -0.05) is 20.3 Å². The zero-order chi connectivity index (χ0) is 16.1. The molecule has 0 N–H and O–H groups in total. The van der Waals surface area contributed by atoms with Gasteiger partial charge in [0.15, 0.2) is 0 Å². The van der Waals surface area contributed by atoms with E-state index >= 15 is 0 Å². The summed E-state index contributed by atoms with van der Waals surface area (Å²) in [6.45, 7) is 4.82. The highest BCUT2D eigenvalue weighted by Crippen LogP contribution is 2.17. The normalized spacial score (nSPS) is 10.7. The van der Waals surface area contributed by atoms with Crippen LogP contribution in [0.4, 0.5) is 4.39 Å². The van der Waals surface area contributed by atoms with Gasteiger partial charge < -0.3 is 4.90 Å². The largest absolute Gasteiger partial charge is 0.342 e. The average molecular weight is 303 g/mol. The van der Waals surface area contributed by atoms with Gasteiger partial charge in [0, 0.05) is 13.6 Å². The maximum Gasteiger partial charge on any atom is 0.257 e. The Hall–Kier alpha value is -2.17. The van der Waals surface area contributed by atoms with Crippen molar-refractivity contribution in [1.29, 1.82) is 0 Å². The van der Waals surface area contributed by atoms with E-state index in [2.05, 4.69) is 12.0 Å². The second-order valence-corrected chi connectivity index (χ2v) is 5.33. The lowest BCUT2D eigenvalue weighted by Crippen LogP contribution is -2.28. The fraction of sp³-hybridized carbons (Fsp3) is 0.412. The number of hydrogen-bond acceptors (Lipinski definition) is 2. The van der Waals surface area contributed by atoms with E-state index in [1.165, 1.54) is 12.1 Å². The van der Waals surface area contributed by atoms with Gasteiger partial charge in [-0.15, -0.1) is 0 Å². The molecule has 22 heavy (non-hydrogen) atoms. The molecule has 4 nitrogen and oxygen atoms in total. The van der Waals surface area contributed by atoms with Crippen LogP contribution >= 0.6 is 0 Å². The lowest BCUT2D eigenvalue weighted by molar-refractivity contribution is 0.0792. The summed E-state index contributed by atoms with van der Waals surface area (Å²) < 4.78 is 14.8. The maximum absolute atomic E-state index is 13.1. The molecule has 0 saturated heterocycles. The van der Waals surface area contributed by atoms with Crippen LogP contribution in [0.5, 0.6) is 0 Å². The van der Waals surface area contributed by atoms with Crippen LogP contribution in [-0.2, 0) is 6.42 Å². The third kappa shape index (κ3) is 3.35. The van der Waals surface area contributed by atoms with E-state index < -0.39 is 0 Å². The Morgan fingerprint density at radius 3 is 2.55 bits per heavy atom. The molecule has 0 aliphatic heterocycles. The monoisotopic (exact) mass is 303 g/mol. The highest BCUT2D eigenvalue weighted by Gasteiger charge is 2.19. The lowest BCUT2D eigenvalue weighted by atomic mass is 10.1. The van der Waals surface area contributed by atoms with Crippen LogP contribution in [0, 0.1) is 5.82 Å². The van der Waals surface area contributed by atoms with E-state index in [0.29, 0.717) is 12.0 Å². The van der Waals surface area contributed by atoms with Crippen LogP contribution in [0.3, 0.4) is 0 Å². The molecule has 0 fully saturated rings. The van der Waals surface area contributed by atoms with Gasteiger partial charge in [-0.2, -0.15) is 5.10 Å². The minimum atomic E-state index is -0.287. The Morgan fingerprint density at radius 2 is 1.95 bits per heavy atom. The first-order valence-corrected chi connectivity index (χ1v) is 7.66. The van der Waals surface area contributed by atoms with Crippen molar-refractivity contribution in [2.45, 2.75) is 33.1 Å². The zero-order valence-electron chi connectivity index (χ0n) is 13.3. The molecule has 0 atom stereocenters. The van der Waals surface area contributed by atoms with Gasteiger partial charge in [0.05, 0.1) is 23.1 Å². The van der Waals surface area contributed by atoms with Crippen molar-refractivity contribution in [3.8, 4) is 5.69 Å². The van der Waals surface area contributed by atoms with Crippen LogP contribution in [0.1, 0.15) is 42.7 Å². The Balaban J connectivity index is 2.31. The molecule has 0 radical (unpaired) electrons. The summed E-state index contributed by atoms with van der Waals surface area (Å²) in [6, 6.07) is 6.11. The topological polar surface area (TPSA) is 38.1 Å². The van der Waals surface area contributed by atoms with E-state index in [9.17, 15) is 9.18 Å². The van der Waals surface area contributed by atoms with Crippen LogP contribution in [-0.4, -0.2) is 34.2 Å². The first-order chi connectivity index (χ1) is 10.6. The summed E-state index contributed by atoms with van der Waals surface area (Å²) in [7, 11) is 1.81.